The second-order valence-electron chi connectivity index (χ2n) is 7.71. The average molecular weight is 448 g/mol. The van der Waals surface area contributed by atoms with Crippen molar-refractivity contribution in [3.05, 3.63) is 70.7 Å². The Morgan fingerprint density at radius 1 is 1.30 bits per heavy atom. The maximum atomic E-state index is 14.3. The van der Waals surface area contributed by atoms with Gasteiger partial charge >= 0.3 is 0 Å². The van der Waals surface area contributed by atoms with E-state index in [0.29, 0.717) is 35.9 Å². The van der Waals surface area contributed by atoms with Crippen LogP contribution in [0.4, 0.5) is 10.2 Å². The molecule has 1 aliphatic rings. The molecule has 0 spiro atoms. The number of allylic oxidation sites excluding steroid dienone is 1. The minimum absolute atomic E-state index is 0.230. The normalized spacial score (nSPS) is 17.5. The van der Waals surface area contributed by atoms with E-state index in [1.54, 1.807) is 31.5 Å². The number of hydrogen-bond acceptors (Lipinski definition) is 7. The van der Waals surface area contributed by atoms with Crippen LogP contribution in [0.3, 0.4) is 0 Å². The zero-order valence-corrected chi connectivity index (χ0v) is 18.8. The molecule has 0 unspecified atom stereocenters. The van der Waals surface area contributed by atoms with Gasteiger partial charge in [0.05, 0.1) is 12.8 Å². The van der Waals surface area contributed by atoms with Gasteiger partial charge in [-0.25, -0.2) is 14.4 Å². The number of benzene rings is 1. The Morgan fingerprint density at radius 3 is 2.85 bits per heavy atom. The number of rotatable bonds is 4. The molecule has 8 heteroatoms. The molecule has 0 radical (unpaired) electrons. The molecular weight excluding hydrogens is 421 g/mol. The van der Waals surface area contributed by atoms with Crippen molar-refractivity contribution in [2.24, 2.45) is 0 Å². The Balaban J connectivity index is 2.05. The lowest BCUT2D eigenvalue weighted by Crippen LogP contribution is -2.17. The van der Waals surface area contributed by atoms with Crippen LogP contribution in [0.2, 0.25) is 0 Å². The number of nitrogens with two attached hydrogens (primary N) is 1. The first-order valence-electron chi connectivity index (χ1n) is 10.7. The minimum Gasteiger partial charge on any atom is -0.482 e. The van der Waals surface area contributed by atoms with Gasteiger partial charge in [-0.2, -0.15) is 0 Å². The second kappa shape index (κ2) is 9.28. The fourth-order valence-electron chi connectivity index (χ4n) is 3.98. The third kappa shape index (κ3) is 4.37. The highest BCUT2D eigenvalue weighted by Gasteiger charge is 2.22. The van der Waals surface area contributed by atoms with Crippen LogP contribution in [0.5, 0.6) is 11.6 Å². The lowest BCUT2D eigenvalue weighted by atomic mass is 9.93. The van der Waals surface area contributed by atoms with Gasteiger partial charge in [-0.05, 0) is 49.2 Å². The standard InChI is InChI=1S/C25H26FN5O2/c1-4-29-23-16(12-27)9-15-5-8-22(32-3)31-24(15)19-7-6-18(26)11-20(19)14(2)33-21-10-17(23)13-30-25(21)28/h5-8,10-14,27,29H,4,9H2,1-3H3,(H2,28,30)/b23-16-,27-12?/t14-/m1/s1. The Bertz CT molecular complexity index is 1240. The molecule has 1 aromatic carbocycles. The number of pyridine rings is 2. The van der Waals surface area contributed by atoms with Gasteiger partial charge in [0.15, 0.2) is 11.6 Å². The Labute approximate surface area is 192 Å². The summed E-state index contributed by atoms with van der Waals surface area (Å²) in [6.07, 6.45) is 2.86. The predicted molar refractivity (Wildman–Crippen MR) is 127 cm³/mol. The van der Waals surface area contributed by atoms with Crippen LogP contribution in [0.15, 0.2) is 48.2 Å². The highest BCUT2D eigenvalue weighted by Crippen LogP contribution is 2.37. The molecule has 4 rings (SSSR count). The summed E-state index contributed by atoms with van der Waals surface area (Å²) in [7, 11) is 1.55. The van der Waals surface area contributed by atoms with E-state index in [1.807, 2.05) is 19.9 Å². The van der Waals surface area contributed by atoms with E-state index in [0.717, 1.165) is 28.0 Å². The van der Waals surface area contributed by atoms with Crippen LogP contribution in [-0.2, 0) is 6.42 Å². The third-order valence-corrected chi connectivity index (χ3v) is 5.57. The van der Waals surface area contributed by atoms with E-state index in [1.165, 1.54) is 18.3 Å². The first kappa shape index (κ1) is 22.3. The van der Waals surface area contributed by atoms with E-state index in [2.05, 4.69) is 10.3 Å². The van der Waals surface area contributed by atoms with Crippen LogP contribution in [-0.4, -0.2) is 29.8 Å². The molecule has 3 heterocycles. The first-order valence-corrected chi connectivity index (χ1v) is 10.7. The fraction of sp³-hybridized carbons (Fsp3) is 0.240. The van der Waals surface area contributed by atoms with Crippen molar-refractivity contribution >= 4 is 17.7 Å². The van der Waals surface area contributed by atoms with Gasteiger partial charge < -0.3 is 25.9 Å². The maximum Gasteiger partial charge on any atom is 0.213 e. The molecule has 2 bridgehead atoms. The molecule has 3 aromatic rings. The summed E-state index contributed by atoms with van der Waals surface area (Å²) in [4.78, 5) is 9.00. The summed E-state index contributed by atoms with van der Waals surface area (Å²) >= 11 is 0. The quantitative estimate of drug-likeness (QED) is 0.507. The van der Waals surface area contributed by atoms with Gasteiger partial charge in [0.1, 0.15) is 11.9 Å². The number of anilines is 1. The number of halogens is 1. The number of fused-ring (bicyclic) bond motifs is 5. The highest BCUT2D eigenvalue weighted by atomic mass is 19.1. The van der Waals surface area contributed by atoms with Crippen molar-refractivity contribution in [3.63, 3.8) is 0 Å². The van der Waals surface area contributed by atoms with Gasteiger partial charge in [0, 0.05) is 53.8 Å². The number of ether oxygens (including phenoxy) is 2. The lowest BCUT2D eigenvalue weighted by molar-refractivity contribution is 0.227. The van der Waals surface area contributed by atoms with Crippen LogP contribution >= 0.6 is 0 Å². The third-order valence-electron chi connectivity index (χ3n) is 5.57. The first-order chi connectivity index (χ1) is 15.9. The predicted octanol–water partition coefficient (Wildman–Crippen LogP) is 4.54. The molecule has 1 aliphatic heterocycles. The molecule has 7 nitrogen and oxygen atoms in total. The van der Waals surface area contributed by atoms with Gasteiger partial charge in [0.2, 0.25) is 5.88 Å². The molecule has 0 saturated heterocycles. The summed E-state index contributed by atoms with van der Waals surface area (Å²) < 4.78 is 25.9. The highest BCUT2D eigenvalue weighted by molar-refractivity contribution is 5.90. The smallest absolute Gasteiger partial charge is 0.213 e. The van der Waals surface area contributed by atoms with Crippen LogP contribution in [0.25, 0.3) is 17.0 Å². The number of aromatic nitrogens is 2. The van der Waals surface area contributed by atoms with Crippen LogP contribution < -0.4 is 20.5 Å². The van der Waals surface area contributed by atoms with Crippen molar-refractivity contribution in [3.8, 4) is 22.9 Å². The van der Waals surface area contributed by atoms with E-state index < -0.39 is 6.10 Å². The largest absolute Gasteiger partial charge is 0.482 e. The topological polar surface area (TPSA) is 106 Å². The van der Waals surface area contributed by atoms with E-state index in [4.69, 9.17) is 25.6 Å². The molecule has 0 aliphatic carbocycles. The van der Waals surface area contributed by atoms with Gasteiger partial charge in [-0.15, -0.1) is 0 Å². The van der Waals surface area contributed by atoms with Gasteiger partial charge in [0.25, 0.3) is 0 Å². The summed E-state index contributed by atoms with van der Waals surface area (Å²) in [5.74, 6) is 0.674. The average Bonchev–Trinajstić information content (AvgIpc) is 2.82. The maximum absolute atomic E-state index is 14.3. The van der Waals surface area contributed by atoms with Crippen molar-refractivity contribution < 1.29 is 13.9 Å². The summed E-state index contributed by atoms with van der Waals surface area (Å²) in [6, 6.07) is 10.0. The van der Waals surface area contributed by atoms with Crippen molar-refractivity contribution in [2.75, 3.05) is 19.4 Å². The van der Waals surface area contributed by atoms with Crippen molar-refractivity contribution in [1.82, 2.24) is 15.3 Å². The van der Waals surface area contributed by atoms with Gasteiger partial charge in [-0.1, -0.05) is 6.07 Å². The molecule has 0 saturated carbocycles. The molecule has 0 fully saturated rings. The van der Waals surface area contributed by atoms with E-state index in [9.17, 15) is 4.39 Å². The molecule has 33 heavy (non-hydrogen) atoms. The molecule has 170 valence electrons. The molecule has 1 atom stereocenters. The molecule has 2 aromatic heterocycles. The SMILES string of the molecule is CCN/C1=C(\C=N)Cc2ccc(OC)nc2-c2ccc(F)cc2[C@@H](C)Oc2cc1cnc2N. The Morgan fingerprint density at radius 2 is 2.12 bits per heavy atom. The second-order valence-corrected chi connectivity index (χ2v) is 7.71. The van der Waals surface area contributed by atoms with Crippen LogP contribution in [0.1, 0.15) is 36.6 Å². The minimum atomic E-state index is -0.538. The Kier molecular flexibility index (Phi) is 6.26. The van der Waals surface area contributed by atoms with E-state index in [-0.39, 0.29) is 11.6 Å². The van der Waals surface area contributed by atoms with Crippen molar-refractivity contribution in [2.45, 2.75) is 26.4 Å². The zero-order chi connectivity index (χ0) is 23.5. The monoisotopic (exact) mass is 447 g/mol. The number of nitrogens with one attached hydrogen (secondary N) is 2. The molecule has 4 N–H and O–H groups in total. The molecule has 0 amide bonds. The summed E-state index contributed by atoms with van der Waals surface area (Å²) in [5.41, 5.74) is 11.2. The summed E-state index contributed by atoms with van der Waals surface area (Å²) in [5, 5.41) is 11.5. The number of hydrogen-bond donors (Lipinski definition) is 3. The van der Waals surface area contributed by atoms with E-state index >= 15 is 0 Å². The zero-order valence-electron chi connectivity index (χ0n) is 18.8. The number of nitrogen functional groups attached to an aromatic ring is 1. The van der Waals surface area contributed by atoms with Gasteiger partial charge in [-0.3, -0.25) is 0 Å². The van der Waals surface area contributed by atoms with Crippen molar-refractivity contribution in [1.29, 1.82) is 5.41 Å². The number of methoxy groups -OCH3 is 1. The fourth-order valence-corrected chi connectivity index (χ4v) is 3.98. The number of nitrogens with zero attached hydrogens (tertiary/aromatic N) is 2. The summed E-state index contributed by atoms with van der Waals surface area (Å²) in [6.45, 7) is 4.47. The van der Waals surface area contributed by atoms with Crippen LogP contribution in [0, 0.1) is 11.2 Å². The Hall–Kier alpha value is -3.94. The lowest BCUT2D eigenvalue weighted by Gasteiger charge is -2.23. The molecular formula is C25H26FN5O2.